The normalized spacial score (nSPS) is 37.9. The first kappa shape index (κ1) is 14.0. The van der Waals surface area contributed by atoms with Crippen LogP contribution in [0.2, 0.25) is 0 Å². The lowest BCUT2D eigenvalue weighted by Crippen LogP contribution is -2.28. The zero-order valence-corrected chi connectivity index (χ0v) is 13.2. The third kappa shape index (κ3) is 2.88. The predicted molar refractivity (Wildman–Crippen MR) is 83.1 cm³/mol. The van der Waals surface area contributed by atoms with Gasteiger partial charge >= 0.3 is 0 Å². The average molecular weight is 262 g/mol. The highest BCUT2D eigenvalue weighted by atomic mass is 14.5. The Bertz CT molecular complexity index is 274. The molecule has 0 heterocycles. The van der Waals surface area contributed by atoms with Gasteiger partial charge in [0.15, 0.2) is 0 Å². The van der Waals surface area contributed by atoms with Crippen molar-refractivity contribution in [1.82, 2.24) is 0 Å². The van der Waals surface area contributed by atoms with Gasteiger partial charge in [0.1, 0.15) is 0 Å². The average Bonchev–Trinajstić information content (AvgIpc) is 2.63. The summed E-state index contributed by atoms with van der Waals surface area (Å²) in [6.45, 7) is 5.06. The summed E-state index contributed by atoms with van der Waals surface area (Å²) in [4.78, 5) is 0. The zero-order valence-electron chi connectivity index (χ0n) is 13.2. The SMILES string of the molecule is CCC(CCC1CCC1)C1CCC(C2CCC2)C1C. The summed E-state index contributed by atoms with van der Waals surface area (Å²) in [5.41, 5.74) is 0. The molecule has 0 heteroatoms. The maximum absolute atomic E-state index is 2.60. The first-order chi connectivity index (χ1) is 9.29. The summed E-state index contributed by atoms with van der Waals surface area (Å²) >= 11 is 0. The van der Waals surface area contributed by atoms with E-state index in [9.17, 15) is 0 Å². The lowest BCUT2D eigenvalue weighted by atomic mass is 9.69. The summed E-state index contributed by atoms with van der Waals surface area (Å²) in [6.07, 6.45) is 16.9. The second kappa shape index (κ2) is 6.19. The summed E-state index contributed by atoms with van der Waals surface area (Å²) < 4.78 is 0. The summed E-state index contributed by atoms with van der Waals surface area (Å²) in [7, 11) is 0. The minimum atomic E-state index is 1.04. The van der Waals surface area contributed by atoms with Gasteiger partial charge in [-0.05, 0) is 54.8 Å². The van der Waals surface area contributed by atoms with E-state index >= 15 is 0 Å². The van der Waals surface area contributed by atoms with Gasteiger partial charge in [-0.15, -0.1) is 0 Å². The Morgan fingerprint density at radius 3 is 2.21 bits per heavy atom. The summed E-state index contributed by atoms with van der Waals surface area (Å²) in [6, 6.07) is 0. The third-order valence-corrected chi connectivity index (χ3v) is 7.24. The third-order valence-electron chi connectivity index (χ3n) is 7.24. The van der Waals surface area contributed by atoms with E-state index in [1.807, 2.05) is 0 Å². The van der Waals surface area contributed by atoms with Crippen LogP contribution in [0.5, 0.6) is 0 Å². The summed E-state index contributed by atoms with van der Waals surface area (Å²) in [5.74, 6) is 6.53. The second-order valence-electron chi connectivity index (χ2n) is 8.00. The van der Waals surface area contributed by atoms with Crippen LogP contribution in [0, 0.1) is 35.5 Å². The maximum atomic E-state index is 2.60. The Kier molecular flexibility index (Phi) is 4.54. The molecule has 19 heavy (non-hydrogen) atoms. The van der Waals surface area contributed by atoms with E-state index in [1.54, 1.807) is 51.4 Å². The molecule has 0 amide bonds. The van der Waals surface area contributed by atoms with E-state index in [0.29, 0.717) is 0 Å². The van der Waals surface area contributed by atoms with Crippen molar-refractivity contribution in [2.45, 2.75) is 84.5 Å². The largest absolute Gasteiger partial charge is 0.0651 e. The Labute approximate surface area is 120 Å². The van der Waals surface area contributed by atoms with Crippen LogP contribution in [-0.2, 0) is 0 Å². The monoisotopic (exact) mass is 262 g/mol. The molecule has 0 saturated heterocycles. The van der Waals surface area contributed by atoms with Gasteiger partial charge in [-0.25, -0.2) is 0 Å². The van der Waals surface area contributed by atoms with E-state index in [2.05, 4.69) is 13.8 Å². The maximum Gasteiger partial charge on any atom is -0.0357 e. The van der Waals surface area contributed by atoms with Gasteiger partial charge in [0.25, 0.3) is 0 Å². The van der Waals surface area contributed by atoms with Crippen LogP contribution in [0.25, 0.3) is 0 Å². The Hall–Kier alpha value is 0. The molecular weight excluding hydrogens is 228 g/mol. The minimum absolute atomic E-state index is 1.04. The van der Waals surface area contributed by atoms with Crippen molar-refractivity contribution in [2.24, 2.45) is 35.5 Å². The fourth-order valence-corrected chi connectivity index (χ4v) is 5.38. The topological polar surface area (TPSA) is 0 Å². The van der Waals surface area contributed by atoms with E-state index in [0.717, 1.165) is 35.5 Å². The summed E-state index contributed by atoms with van der Waals surface area (Å²) in [5, 5.41) is 0. The molecular formula is C19H34. The molecule has 0 aliphatic heterocycles. The molecule has 3 fully saturated rings. The van der Waals surface area contributed by atoms with Gasteiger partial charge in [-0.1, -0.05) is 65.2 Å². The van der Waals surface area contributed by atoms with Crippen LogP contribution in [0.3, 0.4) is 0 Å². The molecule has 0 nitrogen and oxygen atoms in total. The first-order valence-corrected chi connectivity index (χ1v) is 9.29. The van der Waals surface area contributed by atoms with Crippen molar-refractivity contribution in [3.63, 3.8) is 0 Å². The molecule has 4 unspecified atom stereocenters. The molecule has 0 radical (unpaired) electrons. The molecule has 3 aliphatic rings. The molecule has 0 aromatic rings. The molecule has 3 rings (SSSR count). The van der Waals surface area contributed by atoms with E-state index < -0.39 is 0 Å². The standard InChI is InChI=1S/C19H34/c1-3-16(11-10-15-6-4-7-15)18-12-13-19(14(18)2)17-8-5-9-17/h14-19H,3-13H2,1-2H3. The molecule has 0 aromatic heterocycles. The lowest BCUT2D eigenvalue weighted by Gasteiger charge is -2.37. The highest BCUT2D eigenvalue weighted by Gasteiger charge is 2.41. The van der Waals surface area contributed by atoms with Crippen LogP contribution < -0.4 is 0 Å². The quantitative estimate of drug-likeness (QED) is 0.546. The molecule has 110 valence electrons. The van der Waals surface area contributed by atoms with Crippen LogP contribution >= 0.6 is 0 Å². The van der Waals surface area contributed by atoms with Gasteiger partial charge in [0.2, 0.25) is 0 Å². The molecule has 0 spiro atoms. The van der Waals surface area contributed by atoms with Gasteiger partial charge in [0, 0.05) is 0 Å². The Morgan fingerprint density at radius 2 is 1.68 bits per heavy atom. The van der Waals surface area contributed by atoms with Gasteiger partial charge < -0.3 is 0 Å². The fraction of sp³-hybridized carbons (Fsp3) is 1.00. The predicted octanol–water partition coefficient (Wildman–Crippen LogP) is 6.06. The minimum Gasteiger partial charge on any atom is -0.0651 e. The smallest absolute Gasteiger partial charge is 0.0357 e. The van der Waals surface area contributed by atoms with Crippen LogP contribution in [0.15, 0.2) is 0 Å². The van der Waals surface area contributed by atoms with E-state index in [4.69, 9.17) is 0 Å². The molecule has 3 saturated carbocycles. The highest BCUT2D eigenvalue weighted by Crippen LogP contribution is 2.51. The Balaban J connectivity index is 1.50. The van der Waals surface area contributed by atoms with E-state index in [1.165, 1.54) is 19.3 Å². The molecule has 3 aliphatic carbocycles. The number of rotatable bonds is 6. The van der Waals surface area contributed by atoms with Crippen molar-refractivity contribution in [3.05, 3.63) is 0 Å². The van der Waals surface area contributed by atoms with Crippen molar-refractivity contribution < 1.29 is 0 Å². The highest BCUT2D eigenvalue weighted by molar-refractivity contribution is 4.91. The van der Waals surface area contributed by atoms with E-state index in [-0.39, 0.29) is 0 Å². The zero-order chi connectivity index (χ0) is 13.2. The number of hydrogen-bond donors (Lipinski definition) is 0. The van der Waals surface area contributed by atoms with Crippen molar-refractivity contribution in [2.75, 3.05) is 0 Å². The molecule has 0 N–H and O–H groups in total. The van der Waals surface area contributed by atoms with Crippen molar-refractivity contribution in [3.8, 4) is 0 Å². The molecule has 0 bridgehead atoms. The fourth-order valence-electron chi connectivity index (χ4n) is 5.38. The van der Waals surface area contributed by atoms with Crippen molar-refractivity contribution >= 4 is 0 Å². The second-order valence-corrected chi connectivity index (χ2v) is 8.00. The first-order valence-electron chi connectivity index (χ1n) is 9.29. The van der Waals surface area contributed by atoms with Crippen LogP contribution in [0.1, 0.15) is 84.5 Å². The van der Waals surface area contributed by atoms with Crippen molar-refractivity contribution in [1.29, 1.82) is 0 Å². The Morgan fingerprint density at radius 1 is 0.947 bits per heavy atom. The number of hydrogen-bond acceptors (Lipinski definition) is 0. The van der Waals surface area contributed by atoms with Crippen LogP contribution in [-0.4, -0.2) is 0 Å². The van der Waals surface area contributed by atoms with Crippen LogP contribution in [0.4, 0.5) is 0 Å². The molecule has 4 atom stereocenters. The van der Waals surface area contributed by atoms with Gasteiger partial charge in [-0.2, -0.15) is 0 Å². The lowest BCUT2D eigenvalue weighted by molar-refractivity contribution is 0.134. The van der Waals surface area contributed by atoms with Gasteiger partial charge in [-0.3, -0.25) is 0 Å². The molecule has 0 aromatic carbocycles. The van der Waals surface area contributed by atoms with Gasteiger partial charge in [0.05, 0.1) is 0 Å².